The van der Waals surface area contributed by atoms with Gasteiger partial charge in [0.05, 0.1) is 34.7 Å². The van der Waals surface area contributed by atoms with Gasteiger partial charge in [0.15, 0.2) is 0 Å². The van der Waals surface area contributed by atoms with Gasteiger partial charge in [0, 0.05) is 19.6 Å². The molecule has 1 saturated heterocycles. The maximum atomic E-state index is 12.2. The minimum Gasteiger partial charge on any atom is -0.468 e. The molecule has 0 bridgehead atoms. The van der Waals surface area contributed by atoms with Crippen molar-refractivity contribution in [2.24, 2.45) is 0 Å². The highest BCUT2D eigenvalue weighted by Gasteiger charge is 2.25. The normalized spacial score (nSPS) is 17.3. The molecule has 1 aliphatic heterocycles. The number of carbonyl (C=O) groups excluding carboxylic acids is 1. The second-order valence-corrected chi connectivity index (χ2v) is 6.71. The Hall–Kier alpha value is -1.34. The number of amides is 1. The largest absolute Gasteiger partial charge is 0.468 e. The average Bonchev–Trinajstić information content (AvgIpc) is 3.20. The molecular weight excluding hydrogens is 324 g/mol. The van der Waals surface area contributed by atoms with Crippen molar-refractivity contribution in [2.45, 2.75) is 6.04 Å². The number of hydrogen-bond acceptors (Lipinski definition) is 5. The number of nitrogens with zero attached hydrogens (tertiary/aromatic N) is 1. The van der Waals surface area contributed by atoms with Gasteiger partial charge >= 0.3 is 0 Å². The molecule has 2 aromatic heterocycles. The third-order valence-corrected chi connectivity index (χ3v) is 4.84. The van der Waals surface area contributed by atoms with Crippen molar-refractivity contribution in [3.63, 3.8) is 0 Å². The molecule has 2 aromatic rings. The lowest BCUT2D eigenvalue weighted by atomic mass is 10.1. The Morgan fingerprint density at radius 2 is 2.18 bits per heavy atom. The smallest absolute Gasteiger partial charge is 0.261 e. The molecule has 3 rings (SSSR count). The monoisotopic (exact) mass is 340 g/mol. The standard InChI is InChI=1S/C15H17ClN2O3S/c16-14-4-3-13(22-14)15(19)17-10-11(12-2-1-7-21-12)18-5-8-20-9-6-18/h1-4,7,11H,5-6,8-10H2,(H,17,19). The van der Waals surface area contributed by atoms with E-state index in [2.05, 4.69) is 10.2 Å². The zero-order valence-corrected chi connectivity index (χ0v) is 13.5. The molecule has 5 nitrogen and oxygen atoms in total. The van der Waals surface area contributed by atoms with Crippen molar-refractivity contribution in [3.05, 3.63) is 45.5 Å². The number of thiophene rings is 1. The van der Waals surface area contributed by atoms with Crippen LogP contribution in [0, 0.1) is 0 Å². The van der Waals surface area contributed by atoms with E-state index in [-0.39, 0.29) is 11.9 Å². The fourth-order valence-corrected chi connectivity index (χ4v) is 3.45. The third-order valence-electron chi connectivity index (χ3n) is 3.61. The van der Waals surface area contributed by atoms with Crippen LogP contribution in [0.15, 0.2) is 34.9 Å². The molecule has 0 aliphatic carbocycles. The lowest BCUT2D eigenvalue weighted by molar-refractivity contribution is 0.0118. The molecule has 0 aromatic carbocycles. The molecular formula is C15H17ClN2O3S. The predicted octanol–water partition coefficient (Wildman–Crippen LogP) is 2.80. The number of nitrogens with one attached hydrogen (secondary N) is 1. The van der Waals surface area contributed by atoms with E-state index in [1.807, 2.05) is 12.1 Å². The van der Waals surface area contributed by atoms with Crippen LogP contribution >= 0.6 is 22.9 Å². The predicted molar refractivity (Wildman–Crippen MR) is 85.5 cm³/mol. The highest BCUT2D eigenvalue weighted by Crippen LogP contribution is 2.23. The Morgan fingerprint density at radius 1 is 1.36 bits per heavy atom. The van der Waals surface area contributed by atoms with E-state index in [1.165, 1.54) is 11.3 Å². The summed E-state index contributed by atoms with van der Waals surface area (Å²) in [6, 6.07) is 7.28. The first kappa shape index (κ1) is 15.6. The quantitative estimate of drug-likeness (QED) is 0.909. The molecule has 22 heavy (non-hydrogen) atoms. The Morgan fingerprint density at radius 3 is 2.82 bits per heavy atom. The summed E-state index contributed by atoms with van der Waals surface area (Å²) in [5.74, 6) is 0.744. The van der Waals surface area contributed by atoms with Crippen molar-refractivity contribution in [3.8, 4) is 0 Å². The minimum atomic E-state index is -0.110. The van der Waals surface area contributed by atoms with Crippen LogP contribution in [0.5, 0.6) is 0 Å². The molecule has 0 saturated carbocycles. The maximum absolute atomic E-state index is 12.2. The van der Waals surface area contributed by atoms with Crippen molar-refractivity contribution in [2.75, 3.05) is 32.8 Å². The number of carbonyl (C=O) groups is 1. The fourth-order valence-electron chi connectivity index (χ4n) is 2.49. The first-order chi connectivity index (χ1) is 10.7. The van der Waals surface area contributed by atoms with Crippen molar-refractivity contribution < 1.29 is 13.9 Å². The van der Waals surface area contributed by atoms with Gasteiger partial charge in [-0.15, -0.1) is 11.3 Å². The fraction of sp³-hybridized carbons (Fsp3) is 0.400. The molecule has 1 amide bonds. The first-order valence-corrected chi connectivity index (χ1v) is 8.32. The Bertz CT molecular complexity index is 608. The maximum Gasteiger partial charge on any atom is 0.261 e. The van der Waals surface area contributed by atoms with Gasteiger partial charge in [0.25, 0.3) is 5.91 Å². The van der Waals surface area contributed by atoms with Crippen LogP contribution in [-0.2, 0) is 4.74 Å². The van der Waals surface area contributed by atoms with Crippen LogP contribution in [0.3, 0.4) is 0 Å². The van der Waals surface area contributed by atoms with Gasteiger partial charge < -0.3 is 14.5 Å². The SMILES string of the molecule is O=C(NCC(c1ccco1)N1CCOCC1)c1ccc(Cl)s1. The molecule has 3 heterocycles. The summed E-state index contributed by atoms with van der Waals surface area (Å²) in [5, 5.41) is 2.97. The second kappa shape index (κ2) is 7.28. The molecule has 1 unspecified atom stereocenters. The Labute approximate surface area is 137 Å². The molecule has 7 heteroatoms. The number of ether oxygens (including phenoxy) is 1. The van der Waals surface area contributed by atoms with E-state index in [9.17, 15) is 4.79 Å². The van der Waals surface area contributed by atoms with Crippen LogP contribution in [0.1, 0.15) is 21.5 Å². The molecule has 1 aliphatic rings. The van der Waals surface area contributed by atoms with E-state index < -0.39 is 0 Å². The van der Waals surface area contributed by atoms with Gasteiger partial charge in [-0.2, -0.15) is 0 Å². The van der Waals surface area contributed by atoms with Crippen molar-refractivity contribution in [1.29, 1.82) is 0 Å². The Kier molecular flexibility index (Phi) is 5.15. The Balaban J connectivity index is 1.66. The molecule has 1 atom stereocenters. The number of halogens is 1. The minimum absolute atomic E-state index is 0.0123. The van der Waals surface area contributed by atoms with Crippen LogP contribution in [0.25, 0.3) is 0 Å². The number of furan rings is 1. The third kappa shape index (κ3) is 3.70. The zero-order chi connectivity index (χ0) is 15.4. The van der Waals surface area contributed by atoms with Gasteiger partial charge in [0.2, 0.25) is 0 Å². The van der Waals surface area contributed by atoms with Crippen molar-refractivity contribution in [1.82, 2.24) is 10.2 Å². The van der Waals surface area contributed by atoms with Crippen LogP contribution in [-0.4, -0.2) is 43.7 Å². The summed E-state index contributed by atoms with van der Waals surface area (Å²) in [7, 11) is 0. The summed E-state index contributed by atoms with van der Waals surface area (Å²) < 4.78 is 11.5. The lowest BCUT2D eigenvalue weighted by Crippen LogP contribution is -2.43. The van der Waals surface area contributed by atoms with Crippen LogP contribution in [0.4, 0.5) is 0 Å². The first-order valence-electron chi connectivity index (χ1n) is 7.13. The van der Waals surface area contributed by atoms with Gasteiger partial charge in [0.1, 0.15) is 5.76 Å². The van der Waals surface area contributed by atoms with Crippen LogP contribution < -0.4 is 5.32 Å². The molecule has 0 radical (unpaired) electrons. The number of rotatable bonds is 5. The summed E-state index contributed by atoms with van der Waals surface area (Å²) in [4.78, 5) is 15.1. The van der Waals surface area contributed by atoms with E-state index in [0.29, 0.717) is 29.0 Å². The lowest BCUT2D eigenvalue weighted by Gasteiger charge is -2.33. The topological polar surface area (TPSA) is 54.7 Å². The molecule has 0 spiro atoms. The summed E-state index contributed by atoms with van der Waals surface area (Å²) in [6.07, 6.45) is 1.66. The number of hydrogen-bond donors (Lipinski definition) is 1. The molecule has 118 valence electrons. The summed E-state index contributed by atoms with van der Waals surface area (Å²) in [5.41, 5.74) is 0. The van der Waals surface area contributed by atoms with E-state index in [4.69, 9.17) is 20.8 Å². The summed E-state index contributed by atoms with van der Waals surface area (Å²) in [6.45, 7) is 3.54. The van der Waals surface area contributed by atoms with E-state index in [1.54, 1.807) is 18.4 Å². The summed E-state index contributed by atoms with van der Waals surface area (Å²) >= 11 is 7.15. The highest BCUT2D eigenvalue weighted by molar-refractivity contribution is 7.17. The average molecular weight is 341 g/mol. The van der Waals surface area contributed by atoms with Gasteiger partial charge in [-0.3, -0.25) is 9.69 Å². The van der Waals surface area contributed by atoms with E-state index in [0.717, 1.165) is 18.8 Å². The van der Waals surface area contributed by atoms with Gasteiger partial charge in [-0.05, 0) is 24.3 Å². The van der Waals surface area contributed by atoms with Gasteiger partial charge in [-0.1, -0.05) is 11.6 Å². The number of morpholine rings is 1. The zero-order valence-electron chi connectivity index (χ0n) is 12.0. The van der Waals surface area contributed by atoms with Gasteiger partial charge in [-0.25, -0.2) is 0 Å². The van der Waals surface area contributed by atoms with E-state index >= 15 is 0 Å². The highest BCUT2D eigenvalue weighted by atomic mass is 35.5. The van der Waals surface area contributed by atoms with Crippen LogP contribution in [0.2, 0.25) is 4.34 Å². The van der Waals surface area contributed by atoms with Crippen molar-refractivity contribution >= 4 is 28.8 Å². The second-order valence-electron chi connectivity index (χ2n) is 4.99. The molecule has 1 fully saturated rings. The molecule has 1 N–H and O–H groups in total.